The first-order valence-corrected chi connectivity index (χ1v) is 13.4. The predicted octanol–water partition coefficient (Wildman–Crippen LogP) is 4.79. The van der Waals surface area contributed by atoms with Gasteiger partial charge >= 0.3 is 5.63 Å². The molecule has 1 N–H and O–H groups in total. The van der Waals surface area contributed by atoms with E-state index in [0.717, 1.165) is 16.9 Å². The van der Waals surface area contributed by atoms with Gasteiger partial charge in [0, 0.05) is 38.9 Å². The van der Waals surface area contributed by atoms with Gasteiger partial charge in [-0.15, -0.1) is 10.2 Å². The Morgan fingerprint density at radius 3 is 2.64 bits per heavy atom. The molecule has 0 aliphatic carbocycles. The number of ether oxygens (including phenoxy) is 3. The van der Waals surface area contributed by atoms with Gasteiger partial charge in [-0.2, -0.15) is 0 Å². The highest BCUT2D eigenvalue weighted by Crippen LogP contribution is 2.32. The first kappa shape index (κ1) is 28.5. The average Bonchev–Trinajstić information content (AvgIpc) is 3.52. The lowest BCUT2D eigenvalue weighted by molar-refractivity contribution is 0.0989. The van der Waals surface area contributed by atoms with Gasteiger partial charge in [0.2, 0.25) is 10.9 Å². The SMILES string of the molecule is COCCOc1c(CC[C@@H](COC)c2ccccc2)cc(C(=O)Nc2nnc(-c3c(Cl)ccn3C)s2)oc1=O. The van der Waals surface area contributed by atoms with Crippen molar-refractivity contribution in [3.63, 3.8) is 0 Å². The number of anilines is 1. The molecule has 0 unspecified atom stereocenters. The van der Waals surface area contributed by atoms with E-state index in [1.165, 1.54) is 6.07 Å². The number of nitrogens with one attached hydrogen (secondary N) is 1. The van der Waals surface area contributed by atoms with Crippen LogP contribution in [0.5, 0.6) is 5.75 Å². The van der Waals surface area contributed by atoms with Crippen LogP contribution in [0.2, 0.25) is 5.02 Å². The number of amides is 1. The van der Waals surface area contributed by atoms with Gasteiger partial charge in [0.15, 0.2) is 10.8 Å². The molecule has 0 fully saturated rings. The maximum Gasteiger partial charge on any atom is 0.379 e. The number of carbonyl (C=O) groups excluding carboxylic acids is 1. The smallest absolute Gasteiger partial charge is 0.379 e. The van der Waals surface area contributed by atoms with E-state index < -0.39 is 11.5 Å². The van der Waals surface area contributed by atoms with Crippen molar-refractivity contribution in [2.45, 2.75) is 18.8 Å². The van der Waals surface area contributed by atoms with Gasteiger partial charge in [-0.3, -0.25) is 10.1 Å². The van der Waals surface area contributed by atoms with Crippen LogP contribution < -0.4 is 15.7 Å². The third-order valence-electron chi connectivity index (χ3n) is 6.02. The van der Waals surface area contributed by atoms with Crippen LogP contribution in [0.1, 0.15) is 34.0 Å². The van der Waals surface area contributed by atoms with E-state index in [1.807, 2.05) is 41.9 Å². The molecule has 0 aliphatic heterocycles. The fraction of sp³-hybridized carbons (Fsp3) is 0.333. The average molecular weight is 573 g/mol. The molecule has 12 heteroatoms. The van der Waals surface area contributed by atoms with E-state index in [1.54, 1.807) is 26.5 Å². The van der Waals surface area contributed by atoms with Crippen molar-refractivity contribution in [2.24, 2.45) is 7.05 Å². The molecular formula is C27H29ClN4O6S. The largest absolute Gasteiger partial charge is 0.484 e. The van der Waals surface area contributed by atoms with Crippen molar-refractivity contribution in [3.8, 4) is 16.5 Å². The molecule has 3 aromatic heterocycles. The molecule has 1 atom stereocenters. The lowest BCUT2D eigenvalue weighted by Gasteiger charge is -2.18. The van der Waals surface area contributed by atoms with E-state index >= 15 is 0 Å². The van der Waals surface area contributed by atoms with Gasteiger partial charge in [0.1, 0.15) is 6.61 Å². The zero-order valence-electron chi connectivity index (χ0n) is 21.8. The summed E-state index contributed by atoms with van der Waals surface area (Å²) in [6.45, 7) is 0.959. The monoisotopic (exact) mass is 572 g/mol. The molecule has 0 saturated carbocycles. The molecule has 0 saturated heterocycles. The molecule has 3 heterocycles. The number of benzene rings is 1. The predicted molar refractivity (Wildman–Crippen MR) is 149 cm³/mol. The minimum Gasteiger partial charge on any atom is -0.484 e. The Labute approximate surface area is 234 Å². The number of aromatic nitrogens is 3. The molecule has 10 nitrogen and oxygen atoms in total. The minimum absolute atomic E-state index is 0.0596. The fourth-order valence-corrected chi connectivity index (χ4v) is 5.27. The van der Waals surface area contributed by atoms with Crippen molar-refractivity contribution in [1.82, 2.24) is 14.8 Å². The van der Waals surface area contributed by atoms with Crippen molar-refractivity contribution in [1.29, 1.82) is 0 Å². The Morgan fingerprint density at radius 2 is 1.95 bits per heavy atom. The summed E-state index contributed by atoms with van der Waals surface area (Å²) in [6, 6.07) is 13.3. The zero-order chi connectivity index (χ0) is 27.8. The number of hydrogen-bond acceptors (Lipinski definition) is 9. The van der Waals surface area contributed by atoms with Crippen LogP contribution in [0.4, 0.5) is 5.13 Å². The molecule has 39 heavy (non-hydrogen) atoms. The number of rotatable bonds is 13. The maximum atomic E-state index is 13.1. The molecule has 0 aliphatic rings. The number of carbonyl (C=O) groups is 1. The lowest BCUT2D eigenvalue weighted by Crippen LogP contribution is -2.19. The van der Waals surface area contributed by atoms with Gasteiger partial charge in [-0.1, -0.05) is 53.3 Å². The number of halogens is 1. The Kier molecular flexibility index (Phi) is 9.88. The normalized spacial score (nSPS) is 11.9. The second-order valence-electron chi connectivity index (χ2n) is 8.69. The molecule has 4 aromatic rings. The highest BCUT2D eigenvalue weighted by Gasteiger charge is 2.22. The Bertz CT molecular complexity index is 1430. The molecule has 4 rings (SSSR count). The van der Waals surface area contributed by atoms with Crippen LogP contribution in [-0.2, 0) is 22.9 Å². The van der Waals surface area contributed by atoms with Gasteiger partial charge in [-0.05, 0) is 30.5 Å². The van der Waals surface area contributed by atoms with Crippen molar-refractivity contribution >= 4 is 34.0 Å². The lowest BCUT2D eigenvalue weighted by atomic mass is 9.93. The van der Waals surface area contributed by atoms with Crippen LogP contribution in [0.15, 0.2) is 57.9 Å². The second-order valence-corrected chi connectivity index (χ2v) is 10.1. The van der Waals surface area contributed by atoms with Crippen LogP contribution in [0.25, 0.3) is 10.7 Å². The standard InChI is InChI=1S/C27H29ClN4O6S/c1-32-12-11-20(28)22(32)25-30-31-27(39-25)29-24(33)21-15-18(23(26(34)38-21)37-14-13-35-2)9-10-19(16-36-3)17-7-5-4-6-8-17/h4-8,11-12,15,19H,9-10,13-14,16H2,1-3H3,(H,29,31,33)/t19-/m0/s1. The summed E-state index contributed by atoms with van der Waals surface area (Å²) < 4.78 is 23.3. The molecule has 0 radical (unpaired) electrons. The molecule has 1 amide bonds. The minimum atomic E-state index is -0.745. The van der Waals surface area contributed by atoms with Crippen molar-refractivity contribution in [3.05, 3.63) is 81.0 Å². The summed E-state index contributed by atoms with van der Waals surface area (Å²) in [5, 5.41) is 12.1. The van der Waals surface area contributed by atoms with Gasteiger partial charge in [0.25, 0.3) is 5.91 Å². The summed E-state index contributed by atoms with van der Waals surface area (Å²) in [5.41, 5.74) is 1.61. The van der Waals surface area contributed by atoms with Crippen LogP contribution in [-0.4, -0.2) is 54.7 Å². The molecular weight excluding hydrogens is 544 g/mol. The molecule has 206 valence electrons. The van der Waals surface area contributed by atoms with E-state index in [0.29, 0.717) is 47.3 Å². The highest BCUT2D eigenvalue weighted by atomic mass is 35.5. The number of hydrogen-bond donors (Lipinski definition) is 1. The summed E-state index contributed by atoms with van der Waals surface area (Å²) in [7, 11) is 5.03. The van der Waals surface area contributed by atoms with E-state index in [9.17, 15) is 9.59 Å². The number of methoxy groups -OCH3 is 2. The number of aryl methyl sites for hydroxylation is 2. The van der Waals surface area contributed by atoms with Crippen molar-refractivity contribution < 1.29 is 23.4 Å². The quantitative estimate of drug-likeness (QED) is 0.227. The fourth-order valence-electron chi connectivity index (χ4n) is 4.09. The van der Waals surface area contributed by atoms with Gasteiger partial charge in [-0.25, -0.2) is 4.79 Å². The molecule has 1 aromatic carbocycles. The summed E-state index contributed by atoms with van der Waals surface area (Å²) in [4.78, 5) is 26.0. The zero-order valence-corrected chi connectivity index (χ0v) is 23.4. The maximum absolute atomic E-state index is 13.1. The first-order chi connectivity index (χ1) is 18.9. The Hall–Kier alpha value is -3.51. The van der Waals surface area contributed by atoms with Gasteiger partial charge < -0.3 is 23.2 Å². The molecule has 0 bridgehead atoms. The first-order valence-electron chi connectivity index (χ1n) is 12.2. The number of nitrogens with zero attached hydrogens (tertiary/aromatic N) is 3. The van der Waals surface area contributed by atoms with E-state index in [4.69, 9.17) is 30.2 Å². The summed E-state index contributed by atoms with van der Waals surface area (Å²) in [6.07, 6.45) is 2.91. The van der Waals surface area contributed by atoms with Crippen LogP contribution >= 0.6 is 22.9 Å². The third-order valence-corrected chi connectivity index (χ3v) is 7.17. The van der Waals surface area contributed by atoms with Crippen molar-refractivity contribution in [2.75, 3.05) is 39.4 Å². The highest BCUT2D eigenvalue weighted by molar-refractivity contribution is 7.18. The Balaban J connectivity index is 1.56. The topological polar surface area (TPSA) is 118 Å². The summed E-state index contributed by atoms with van der Waals surface area (Å²) >= 11 is 7.40. The summed E-state index contributed by atoms with van der Waals surface area (Å²) in [5.74, 6) is -0.652. The van der Waals surface area contributed by atoms with Crippen LogP contribution in [0, 0.1) is 0 Å². The van der Waals surface area contributed by atoms with Gasteiger partial charge in [0.05, 0.1) is 23.9 Å². The van der Waals surface area contributed by atoms with E-state index in [2.05, 4.69) is 15.5 Å². The Morgan fingerprint density at radius 1 is 1.15 bits per heavy atom. The van der Waals surface area contributed by atoms with E-state index in [-0.39, 0.29) is 29.2 Å². The van der Waals surface area contributed by atoms with Crippen LogP contribution in [0.3, 0.4) is 0 Å². The molecule has 0 spiro atoms. The second kappa shape index (κ2) is 13.5. The third kappa shape index (κ3) is 7.12.